The van der Waals surface area contributed by atoms with Gasteiger partial charge in [-0.05, 0) is 54.1 Å². The van der Waals surface area contributed by atoms with Gasteiger partial charge in [-0.25, -0.2) is 0 Å². The van der Waals surface area contributed by atoms with Crippen LogP contribution in [0.4, 0.5) is 5.69 Å². The minimum absolute atomic E-state index is 0.276. The predicted octanol–water partition coefficient (Wildman–Crippen LogP) is 5.27. The molecule has 0 aliphatic rings. The van der Waals surface area contributed by atoms with Crippen LogP contribution in [0.3, 0.4) is 0 Å². The Morgan fingerprint density at radius 3 is 2.61 bits per heavy atom. The molecule has 2 N–H and O–H groups in total. The van der Waals surface area contributed by atoms with Crippen LogP contribution >= 0.6 is 11.6 Å². The molecule has 0 aliphatic heterocycles. The van der Waals surface area contributed by atoms with Crippen molar-refractivity contribution < 1.29 is 0 Å². The normalized spacial score (nSPS) is 12.7. The molecule has 0 aromatic heterocycles. The highest BCUT2D eigenvalue weighted by Crippen LogP contribution is 2.29. The predicted molar refractivity (Wildman–Crippen MR) is 99.7 cm³/mol. The van der Waals surface area contributed by atoms with Gasteiger partial charge in [-0.1, -0.05) is 54.1 Å². The summed E-state index contributed by atoms with van der Waals surface area (Å²) in [5.74, 6) is 0. The SMILES string of the molecule is C[C@H](c1cccc2ccccc12)N(C)Cc1cc(N)ccc1Cl. The van der Waals surface area contributed by atoms with E-state index < -0.39 is 0 Å². The monoisotopic (exact) mass is 324 g/mol. The second kappa shape index (κ2) is 6.61. The number of nitrogens with zero attached hydrogens (tertiary/aromatic N) is 1. The van der Waals surface area contributed by atoms with Crippen molar-refractivity contribution in [1.82, 2.24) is 4.90 Å². The van der Waals surface area contributed by atoms with Crippen LogP contribution in [0.25, 0.3) is 10.8 Å². The van der Waals surface area contributed by atoms with Crippen molar-refractivity contribution in [1.29, 1.82) is 0 Å². The molecule has 0 saturated heterocycles. The average molecular weight is 325 g/mol. The average Bonchev–Trinajstić information content (AvgIpc) is 2.57. The van der Waals surface area contributed by atoms with Crippen LogP contribution in [0.2, 0.25) is 5.02 Å². The fourth-order valence-corrected chi connectivity index (χ4v) is 3.15. The Labute approximate surface area is 142 Å². The van der Waals surface area contributed by atoms with E-state index in [2.05, 4.69) is 61.3 Å². The van der Waals surface area contributed by atoms with Crippen LogP contribution in [-0.2, 0) is 6.54 Å². The van der Waals surface area contributed by atoms with E-state index in [9.17, 15) is 0 Å². The fraction of sp³-hybridized carbons (Fsp3) is 0.200. The maximum atomic E-state index is 6.30. The van der Waals surface area contributed by atoms with Gasteiger partial charge in [-0.15, -0.1) is 0 Å². The van der Waals surface area contributed by atoms with Crippen LogP contribution in [-0.4, -0.2) is 11.9 Å². The number of hydrogen-bond acceptors (Lipinski definition) is 2. The maximum Gasteiger partial charge on any atom is 0.0452 e. The van der Waals surface area contributed by atoms with Gasteiger partial charge in [0.05, 0.1) is 0 Å². The first-order valence-electron chi connectivity index (χ1n) is 7.78. The van der Waals surface area contributed by atoms with Gasteiger partial charge in [0.2, 0.25) is 0 Å². The highest BCUT2D eigenvalue weighted by molar-refractivity contribution is 6.31. The van der Waals surface area contributed by atoms with Gasteiger partial charge in [-0.3, -0.25) is 4.90 Å². The van der Waals surface area contributed by atoms with Crippen molar-refractivity contribution in [2.45, 2.75) is 19.5 Å². The summed E-state index contributed by atoms with van der Waals surface area (Å²) in [6.45, 7) is 2.98. The lowest BCUT2D eigenvalue weighted by Crippen LogP contribution is -2.22. The third-order valence-electron chi connectivity index (χ3n) is 4.42. The number of benzene rings is 3. The molecule has 0 aliphatic carbocycles. The highest BCUT2D eigenvalue weighted by Gasteiger charge is 2.15. The van der Waals surface area contributed by atoms with Gasteiger partial charge in [0, 0.05) is 23.3 Å². The summed E-state index contributed by atoms with van der Waals surface area (Å²) in [4.78, 5) is 2.29. The summed E-state index contributed by atoms with van der Waals surface area (Å²) in [5.41, 5.74) is 9.01. The van der Waals surface area contributed by atoms with Crippen molar-refractivity contribution in [3.63, 3.8) is 0 Å². The van der Waals surface area contributed by atoms with E-state index in [1.54, 1.807) is 0 Å². The van der Waals surface area contributed by atoms with E-state index in [1.807, 2.05) is 18.2 Å². The fourth-order valence-electron chi connectivity index (χ4n) is 2.97. The molecule has 0 fully saturated rings. The lowest BCUT2D eigenvalue weighted by Gasteiger charge is -2.26. The van der Waals surface area contributed by atoms with Crippen molar-refractivity contribution in [3.8, 4) is 0 Å². The molecule has 0 spiro atoms. The van der Waals surface area contributed by atoms with Gasteiger partial charge in [0.25, 0.3) is 0 Å². The van der Waals surface area contributed by atoms with Crippen molar-refractivity contribution >= 4 is 28.1 Å². The summed E-state index contributed by atoms with van der Waals surface area (Å²) in [7, 11) is 2.12. The number of fused-ring (bicyclic) bond motifs is 1. The minimum atomic E-state index is 0.276. The number of nitrogen functional groups attached to an aromatic ring is 1. The van der Waals surface area contributed by atoms with Crippen LogP contribution in [0, 0.1) is 0 Å². The van der Waals surface area contributed by atoms with Crippen LogP contribution in [0.5, 0.6) is 0 Å². The van der Waals surface area contributed by atoms with Crippen molar-refractivity contribution in [2.24, 2.45) is 0 Å². The molecule has 3 heteroatoms. The number of hydrogen-bond donors (Lipinski definition) is 1. The molecule has 118 valence electrons. The van der Waals surface area contributed by atoms with Crippen LogP contribution < -0.4 is 5.73 Å². The van der Waals surface area contributed by atoms with E-state index in [0.29, 0.717) is 0 Å². The Balaban J connectivity index is 1.89. The first-order chi connectivity index (χ1) is 11.1. The van der Waals surface area contributed by atoms with E-state index >= 15 is 0 Å². The van der Waals surface area contributed by atoms with E-state index in [0.717, 1.165) is 22.8 Å². The summed E-state index contributed by atoms with van der Waals surface area (Å²) in [6.07, 6.45) is 0. The smallest absolute Gasteiger partial charge is 0.0452 e. The molecule has 0 bridgehead atoms. The molecular formula is C20H21ClN2. The number of rotatable bonds is 4. The molecule has 3 aromatic carbocycles. The van der Waals surface area contributed by atoms with Crippen LogP contribution in [0.1, 0.15) is 24.1 Å². The number of anilines is 1. The zero-order valence-electron chi connectivity index (χ0n) is 13.5. The molecule has 0 amide bonds. The Kier molecular flexibility index (Phi) is 4.56. The Bertz CT molecular complexity index is 823. The van der Waals surface area contributed by atoms with Crippen molar-refractivity contribution in [2.75, 3.05) is 12.8 Å². The van der Waals surface area contributed by atoms with Crippen LogP contribution in [0.15, 0.2) is 60.7 Å². The van der Waals surface area contributed by atoms with Gasteiger partial charge in [0.15, 0.2) is 0 Å². The summed E-state index contributed by atoms with van der Waals surface area (Å²) in [5, 5.41) is 3.33. The second-order valence-corrected chi connectivity index (χ2v) is 6.42. The molecule has 0 radical (unpaired) electrons. The first kappa shape index (κ1) is 15.9. The van der Waals surface area contributed by atoms with E-state index in [-0.39, 0.29) is 6.04 Å². The molecule has 2 nitrogen and oxygen atoms in total. The van der Waals surface area contributed by atoms with E-state index in [1.165, 1.54) is 16.3 Å². The Morgan fingerprint density at radius 1 is 1.04 bits per heavy atom. The Morgan fingerprint density at radius 2 is 1.78 bits per heavy atom. The largest absolute Gasteiger partial charge is 0.399 e. The van der Waals surface area contributed by atoms with Crippen molar-refractivity contribution in [3.05, 3.63) is 76.8 Å². The number of halogens is 1. The standard InChI is InChI=1S/C20H21ClN2/c1-14(18-9-5-7-15-6-3-4-8-19(15)18)23(2)13-16-12-17(22)10-11-20(16)21/h3-12,14H,13,22H2,1-2H3/t14-/m1/s1. The number of nitrogens with two attached hydrogens (primary N) is 1. The minimum Gasteiger partial charge on any atom is -0.399 e. The summed E-state index contributed by atoms with van der Waals surface area (Å²) in [6, 6.07) is 20.9. The van der Waals surface area contributed by atoms with Gasteiger partial charge >= 0.3 is 0 Å². The zero-order valence-corrected chi connectivity index (χ0v) is 14.2. The molecule has 23 heavy (non-hydrogen) atoms. The highest BCUT2D eigenvalue weighted by atomic mass is 35.5. The summed E-state index contributed by atoms with van der Waals surface area (Å²) < 4.78 is 0. The molecule has 0 heterocycles. The molecule has 3 rings (SSSR count). The van der Waals surface area contributed by atoms with Gasteiger partial charge in [0.1, 0.15) is 0 Å². The molecule has 0 unspecified atom stereocenters. The van der Waals surface area contributed by atoms with E-state index in [4.69, 9.17) is 17.3 Å². The topological polar surface area (TPSA) is 29.3 Å². The second-order valence-electron chi connectivity index (χ2n) is 6.01. The molecular weight excluding hydrogens is 304 g/mol. The first-order valence-corrected chi connectivity index (χ1v) is 8.16. The van der Waals surface area contributed by atoms with Gasteiger partial charge in [-0.2, -0.15) is 0 Å². The zero-order chi connectivity index (χ0) is 16.4. The third-order valence-corrected chi connectivity index (χ3v) is 4.79. The lowest BCUT2D eigenvalue weighted by molar-refractivity contribution is 0.254. The molecule has 0 saturated carbocycles. The molecule has 3 aromatic rings. The maximum absolute atomic E-state index is 6.30. The van der Waals surface area contributed by atoms with Gasteiger partial charge < -0.3 is 5.73 Å². The summed E-state index contributed by atoms with van der Waals surface area (Å²) >= 11 is 6.30. The Hall–Kier alpha value is -2.03. The quantitative estimate of drug-likeness (QED) is 0.662. The molecule has 1 atom stereocenters. The third kappa shape index (κ3) is 3.34. The lowest BCUT2D eigenvalue weighted by atomic mass is 9.98.